The molecule has 1 unspecified atom stereocenters. The summed E-state index contributed by atoms with van der Waals surface area (Å²) in [6.45, 7) is 3.53. The van der Waals surface area contributed by atoms with Gasteiger partial charge in [0, 0.05) is 35.8 Å². The summed E-state index contributed by atoms with van der Waals surface area (Å²) in [5.41, 5.74) is 2.38. The van der Waals surface area contributed by atoms with Crippen LogP contribution in [-0.4, -0.2) is 33.9 Å². The smallest absolute Gasteiger partial charge is 0.263 e. The summed E-state index contributed by atoms with van der Waals surface area (Å²) in [5.74, 6) is 1.34. The molecule has 0 saturated carbocycles. The zero-order valence-corrected chi connectivity index (χ0v) is 13.5. The first-order valence-electron chi connectivity index (χ1n) is 7.91. The number of hydrogen-bond acceptors (Lipinski definition) is 4. The summed E-state index contributed by atoms with van der Waals surface area (Å²) in [4.78, 5) is 25.9. The van der Waals surface area contributed by atoms with Gasteiger partial charge in [0.1, 0.15) is 5.82 Å². The lowest BCUT2D eigenvalue weighted by Gasteiger charge is -2.15. The van der Waals surface area contributed by atoms with E-state index in [2.05, 4.69) is 16.0 Å². The van der Waals surface area contributed by atoms with Gasteiger partial charge in [0.2, 0.25) is 0 Å². The van der Waals surface area contributed by atoms with Crippen molar-refractivity contribution in [3.05, 3.63) is 45.2 Å². The van der Waals surface area contributed by atoms with E-state index in [4.69, 9.17) is 0 Å². The van der Waals surface area contributed by atoms with E-state index in [0.717, 1.165) is 48.7 Å². The van der Waals surface area contributed by atoms with Gasteiger partial charge < -0.3 is 4.90 Å². The molecule has 0 N–H and O–H groups in total. The highest BCUT2D eigenvalue weighted by atomic mass is 32.1. The largest absolute Gasteiger partial charge is 0.337 e. The normalized spacial score (nSPS) is 20.4. The molecule has 4 nitrogen and oxygen atoms in total. The summed E-state index contributed by atoms with van der Waals surface area (Å²) in [5, 5.41) is 0. The van der Waals surface area contributed by atoms with Crippen LogP contribution in [0.2, 0.25) is 0 Å². The van der Waals surface area contributed by atoms with Gasteiger partial charge in [-0.25, -0.2) is 9.97 Å². The number of aromatic nitrogens is 2. The van der Waals surface area contributed by atoms with Crippen LogP contribution in [0.3, 0.4) is 0 Å². The molecule has 1 atom stereocenters. The average molecular weight is 313 g/mol. The van der Waals surface area contributed by atoms with Gasteiger partial charge in [0.05, 0.1) is 4.88 Å². The summed E-state index contributed by atoms with van der Waals surface area (Å²) < 4.78 is 0. The maximum atomic E-state index is 12.7. The molecular weight excluding hydrogens is 294 g/mol. The highest BCUT2D eigenvalue weighted by molar-refractivity contribution is 7.14. The van der Waals surface area contributed by atoms with Crippen molar-refractivity contribution in [1.29, 1.82) is 0 Å². The number of carbonyl (C=O) groups excluding carboxylic acids is 1. The first-order chi connectivity index (χ1) is 10.7. The number of aryl methyl sites for hydroxylation is 3. The highest BCUT2D eigenvalue weighted by Crippen LogP contribution is 2.33. The number of fused-ring (bicyclic) bond motifs is 1. The van der Waals surface area contributed by atoms with Crippen LogP contribution in [0.25, 0.3) is 0 Å². The second kappa shape index (κ2) is 5.47. The molecule has 1 aliphatic heterocycles. The summed E-state index contributed by atoms with van der Waals surface area (Å²) >= 11 is 1.69. The molecule has 0 radical (unpaired) electrons. The molecule has 1 fully saturated rings. The predicted octanol–water partition coefficient (Wildman–Crippen LogP) is 2.96. The lowest BCUT2D eigenvalue weighted by atomic mass is 10.1. The molecule has 5 heteroatoms. The molecule has 2 aliphatic rings. The van der Waals surface area contributed by atoms with Gasteiger partial charge in [-0.2, -0.15) is 0 Å². The molecular formula is C17H19N3OS. The molecule has 0 spiro atoms. The minimum absolute atomic E-state index is 0.189. The Hall–Kier alpha value is -1.75. The van der Waals surface area contributed by atoms with Gasteiger partial charge in [-0.15, -0.1) is 11.3 Å². The number of hydrogen-bond donors (Lipinski definition) is 0. The number of thiophene rings is 1. The topological polar surface area (TPSA) is 46.1 Å². The lowest BCUT2D eigenvalue weighted by molar-refractivity contribution is 0.0795. The summed E-state index contributed by atoms with van der Waals surface area (Å²) in [6.07, 6.45) is 6.30. The minimum atomic E-state index is 0.189. The molecule has 114 valence electrons. The van der Waals surface area contributed by atoms with E-state index >= 15 is 0 Å². The lowest BCUT2D eigenvalue weighted by Crippen LogP contribution is -2.28. The highest BCUT2D eigenvalue weighted by Gasteiger charge is 2.31. The van der Waals surface area contributed by atoms with Crippen LogP contribution in [0.4, 0.5) is 0 Å². The minimum Gasteiger partial charge on any atom is -0.337 e. The van der Waals surface area contributed by atoms with E-state index in [-0.39, 0.29) is 11.8 Å². The van der Waals surface area contributed by atoms with E-state index < -0.39 is 0 Å². The Balaban J connectivity index is 1.49. The van der Waals surface area contributed by atoms with Crippen LogP contribution in [0.15, 0.2) is 18.3 Å². The van der Waals surface area contributed by atoms with Crippen LogP contribution < -0.4 is 0 Å². The molecule has 22 heavy (non-hydrogen) atoms. The van der Waals surface area contributed by atoms with Crippen molar-refractivity contribution in [2.75, 3.05) is 13.1 Å². The number of carbonyl (C=O) groups is 1. The molecule has 1 amide bonds. The quantitative estimate of drug-likeness (QED) is 0.856. The Labute approximate surface area is 134 Å². The Morgan fingerprint density at radius 3 is 3.14 bits per heavy atom. The molecule has 0 aromatic carbocycles. The van der Waals surface area contributed by atoms with Gasteiger partial charge in [-0.3, -0.25) is 4.79 Å². The second-order valence-corrected chi connectivity index (χ2v) is 7.34. The number of likely N-dealkylation sites (tertiary alicyclic amines) is 1. The first-order valence-corrected chi connectivity index (χ1v) is 8.73. The molecule has 1 saturated heterocycles. The molecule has 4 rings (SSSR count). The zero-order chi connectivity index (χ0) is 15.1. The number of nitrogens with zero attached hydrogens (tertiary/aromatic N) is 3. The van der Waals surface area contributed by atoms with Crippen LogP contribution in [0, 0.1) is 6.92 Å². The zero-order valence-electron chi connectivity index (χ0n) is 12.7. The number of amides is 1. The van der Waals surface area contributed by atoms with Crippen LogP contribution >= 0.6 is 11.3 Å². The van der Waals surface area contributed by atoms with E-state index in [1.54, 1.807) is 11.3 Å². The summed E-state index contributed by atoms with van der Waals surface area (Å²) in [7, 11) is 0. The molecule has 2 aromatic rings. The van der Waals surface area contributed by atoms with Crippen molar-refractivity contribution < 1.29 is 4.79 Å². The van der Waals surface area contributed by atoms with Crippen LogP contribution in [-0.2, 0) is 12.8 Å². The molecule has 2 aromatic heterocycles. The first kappa shape index (κ1) is 13.9. The van der Waals surface area contributed by atoms with Crippen LogP contribution in [0.1, 0.15) is 50.4 Å². The van der Waals surface area contributed by atoms with Crippen molar-refractivity contribution in [2.24, 2.45) is 0 Å². The van der Waals surface area contributed by atoms with Gasteiger partial charge in [-0.1, -0.05) is 0 Å². The standard InChI is InChI=1S/C17H19N3OS/c1-11-5-7-18-16(19-11)13-6-8-20(10-13)17(21)15-9-12-3-2-4-14(12)22-15/h5,7,9,13H,2-4,6,8,10H2,1H3. The average Bonchev–Trinajstić information content (AvgIpc) is 3.22. The predicted molar refractivity (Wildman–Crippen MR) is 86.4 cm³/mol. The van der Waals surface area contributed by atoms with Gasteiger partial charge in [0.15, 0.2) is 0 Å². The van der Waals surface area contributed by atoms with Crippen molar-refractivity contribution in [2.45, 2.75) is 38.5 Å². The maximum absolute atomic E-state index is 12.7. The number of rotatable bonds is 2. The summed E-state index contributed by atoms with van der Waals surface area (Å²) in [6, 6.07) is 4.03. The van der Waals surface area contributed by atoms with Gasteiger partial charge in [0.25, 0.3) is 5.91 Å². The third-order valence-electron chi connectivity index (χ3n) is 4.61. The Bertz CT molecular complexity index is 703. The third-order valence-corrected chi connectivity index (χ3v) is 5.84. The fourth-order valence-electron chi connectivity index (χ4n) is 3.41. The van der Waals surface area contributed by atoms with Crippen LogP contribution in [0.5, 0.6) is 0 Å². The van der Waals surface area contributed by atoms with Crippen molar-refractivity contribution in [3.63, 3.8) is 0 Å². The molecule has 1 aliphatic carbocycles. The second-order valence-electron chi connectivity index (χ2n) is 6.21. The van der Waals surface area contributed by atoms with Gasteiger partial charge in [-0.05, 0) is 50.3 Å². The SMILES string of the molecule is Cc1ccnc(C2CCN(C(=O)c3cc4c(s3)CCC4)C2)n1. The Morgan fingerprint density at radius 1 is 1.41 bits per heavy atom. The van der Waals surface area contributed by atoms with Crippen molar-refractivity contribution in [3.8, 4) is 0 Å². The fourth-order valence-corrected chi connectivity index (χ4v) is 4.63. The van der Waals surface area contributed by atoms with Gasteiger partial charge >= 0.3 is 0 Å². The van der Waals surface area contributed by atoms with Crippen molar-refractivity contribution >= 4 is 17.2 Å². The molecule has 3 heterocycles. The Kier molecular flexibility index (Phi) is 3.45. The van der Waals surface area contributed by atoms with E-state index in [0.29, 0.717) is 0 Å². The monoisotopic (exact) mass is 313 g/mol. The third kappa shape index (κ3) is 2.43. The maximum Gasteiger partial charge on any atom is 0.263 e. The van der Waals surface area contributed by atoms with E-state index in [9.17, 15) is 4.79 Å². The van der Waals surface area contributed by atoms with Crippen molar-refractivity contribution in [1.82, 2.24) is 14.9 Å². The molecule has 0 bridgehead atoms. The Morgan fingerprint density at radius 2 is 2.32 bits per heavy atom. The van der Waals surface area contributed by atoms with E-state index in [1.807, 2.05) is 24.1 Å². The van der Waals surface area contributed by atoms with E-state index in [1.165, 1.54) is 16.9 Å². The fraction of sp³-hybridized carbons (Fsp3) is 0.471.